The first-order valence-corrected chi connectivity index (χ1v) is 8.36. The molecule has 4 nitrogen and oxygen atoms in total. The molecule has 114 valence electrons. The van der Waals surface area contributed by atoms with E-state index in [1.54, 1.807) is 0 Å². The van der Waals surface area contributed by atoms with Gasteiger partial charge in [-0.2, -0.15) is 0 Å². The molecule has 0 bridgehead atoms. The Morgan fingerprint density at radius 3 is 2.60 bits per heavy atom. The van der Waals surface area contributed by atoms with Crippen molar-refractivity contribution < 1.29 is 9.53 Å². The largest absolute Gasteiger partial charge is 0.381 e. The number of amides is 1. The van der Waals surface area contributed by atoms with Gasteiger partial charge in [0, 0.05) is 32.3 Å². The van der Waals surface area contributed by atoms with E-state index in [-0.39, 0.29) is 5.41 Å². The number of carbonyl (C=O) groups excluding carboxylic acids is 1. The molecule has 3 fully saturated rings. The normalized spacial score (nSPS) is 33.5. The van der Waals surface area contributed by atoms with Crippen molar-refractivity contribution in [1.29, 1.82) is 0 Å². The van der Waals surface area contributed by atoms with Gasteiger partial charge in [-0.3, -0.25) is 4.79 Å². The summed E-state index contributed by atoms with van der Waals surface area (Å²) >= 11 is 0. The lowest BCUT2D eigenvalue weighted by atomic mass is 9.74. The molecule has 0 aromatic carbocycles. The first-order chi connectivity index (χ1) is 9.77. The van der Waals surface area contributed by atoms with Crippen LogP contribution in [0.25, 0.3) is 0 Å². The molecule has 3 rings (SSSR count). The van der Waals surface area contributed by atoms with Crippen molar-refractivity contribution >= 4 is 5.91 Å². The topological polar surface area (TPSA) is 55.6 Å². The molecule has 0 radical (unpaired) electrons. The van der Waals surface area contributed by atoms with E-state index in [2.05, 4.69) is 4.90 Å². The fraction of sp³-hybridized carbons (Fsp3) is 0.938. The summed E-state index contributed by atoms with van der Waals surface area (Å²) in [5.41, 5.74) is 5.68. The van der Waals surface area contributed by atoms with Crippen LogP contribution in [0.2, 0.25) is 0 Å². The summed E-state index contributed by atoms with van der Waals surface area (Å²) in [7, 11) is 0. The maximum Gasteiger partial charge on any atom is 0.230 e. The fourth-order valence-corrected chi connectivity index (χ4v) is 4.45. The summed E-state index contributed by atoms with van der Waals surface area (Å²) < 4.78 is 5.44. The van der Waals surface area contributed by atoms with Crippen molar-refractivity contribution in [1.82, 2.24) is 4.90 Å². The Hall–Kier alpha value is -0.610. The van der Waals surface area contributed by atoms with Gasteiger partial charge in [0.2, 0.25) is 5.91 Å². The Balaban J connectivity index is 1.77. The predicted octanol–water partition coefficient (Wildman–Crippen LogP) is 1.92. The molecule has 0 aromatic heterocycles. The van der Waals surface area contributed by atoms with Crippen LogP contribution in [-0.2, 0) is 9.53 Å². The van der Waals surface area contributed by atoms with Crippen LogP contribution in [0.15, 0.2) is 0 Å². The smallest absolute Gasteiger partial charge is 0.230 e. The van der Waals surface area contributed by atoms with E-state index >= 15 is 0 Å². The third kappa shape index (κ3) is 2.48. The van der Waals surface area contributed by atoms with Gasteiger partial charge in [-0.25, -0.2) is 0 Å². The highest BCUT2D eigenvalue weighted by Crippen LogP contribution is 2.39. The lowest BCUT2D eigenvalue weighted by Gasteiger charge is -2.48. The lowest BCUT2D eigenvalue weighted by Crippen LogP contribution is -2.57. The Morgan fingerprint density at radius 1 is 1.15 bits per heavy atom. The summed E-state index contributed by atoms with van der Waals surface area (Å²) in [6, 6.07) is 0.497. The number of hydrogen-bond acceptors (Lipinski definition) is 3. The third-order valence-corrected chi connectivity index (χ3v) is 5.80. The Bertz CT molecular complexity index is 350. The van der Waals surface area contributed by atoms with Crippen molar-refractivity contribution in [2.45, 2.75) is 57.4 Å². The number of ether oxygens (including phenoxy) is 1. The van der Waals surface area contributed by atoms with Crippen LogP contribution >= 0.6 is 0 Å². The number of hydrogen-bond donors (Lipinski definition) is 1. The number of carbonyl (C=O) groups is 1. The molecule has 1 aliphatic carbocycles. The highest BCUT2D eigenvalue weighted by atomic mass is 16.5. The van der Waals surface area contributed by atoms with Crippen LogP contribution in [0.4, 0.5) is 0 Å². The molecule has 2 N–H and O–H groups in total. The van der Waals surface area contributed by atoms with Crippen LogP contribution in [-0.4, -0.2) is 43.2 Å². The van der Waals surface area contributed by atoms with E-state index < -0.39 is 0 Å². The summed E-state index contributed by atoms with van der Waals surface area (Å²) in [5.74, 6) is 1.08. The summed E-state index contributed by atoms with van der Waals surface area (Å²) in [4.78, 5) is 15.4. The number of piperidine rings is 1. The average Bonchev–Trinajstić information content (AvgIpc) is 2.54. The van der Waals surface area contributed by atoms with Crippen molar-refractivity contribution in [3.05, 3.63) is 0 Å². The maximum absolute atomic E-state index is 13.2. The molecule has 0 aromatic rings. The van der Waals surface area contributed by atoms with Crippen LogP contribution in [0.5, 0.6) is 0 Å². The number of fused-ring (bicyclic) bond motifs is 1. The van der Waals surface area contributed by atoms with E-state index in [1.165, 1.54) is 38.5 Å². The lowest BCUT2D eigenvalue weighted by molar-refractivity contribution is -0.153. The van der Waals surface area contributed by atoms with Gasteiger partial charge in [0.05, 0.1) is 5.41 Å². The molecule has 20 heavy (non-hydrogen) atoms. The van der Waals surface area contributed by atoms with Crippen LogP contribution in [0.3, 0.4) is 0 Å². The Labute approximate surface area is 122 Å². The van der Waals surface area contributed by atoms with Crippen molar-refractivity contribution in [2.24, 2.45) is 17.1 Å². The minimum absolute atomic E-state index is 0.333. The molecule has 2 atom stereocenters. The van der Waals surface area contributed by atoms with E-state index in [1.807, 2.05) is 0 Å². The van der Waals surface area contributed by atoms with E-state index in [0.717, 1.165) is 25.3 Å². The van der Waals surface area contributed by atoms with E-state index in [4.69, 9.17) is 10.5 Å². The van der Waals surface area contributed by atoms with Gasteiger partial charge >= 0.3 is 0 Å². The zero-order valence-electron chi connectivity index (χ0n) is 12.5. The highest BCUT2D eigenvalue weighted by Gasteiger charge is 2.45. The van der Waals surface area contributed by atoms with E-state index in [9.17, 15) is 4.79 Å². The number of nitrogens with two attached hydrogens (primary N) is 1. The zero-order chi connectivity index (χ0) is 14.0. The van der Waals surface area contributed by atoms with Gasteiger partial charge in [0.15, 0.2) is 0 Å². The second kappa shape index (κ2) is 6.02. The van der Waals surface area contributed by atoms with Gasteiger partial charge < -0.3 is 15.4 Å². The predicted molar refractivity (Wildman–Crippen MR) is 78.2 cm³/mol. The van der Waals surface area contributed by atoms with Gasteiger partial charge in [-0.15, -0.1) is 0 Å². The minimum atomic E-state index is -0.336. The van der Waals surface area contributed by atoms with Crippen molar-refractivity contribution in [3.8, 4) is 0 Å². The number of likely N-dealkylation sites (tertiary alicyclic amines) is 1. The van der Waals surface area contributed by atoms with E-state index in [0.29, 0.717) is 31.7 Å². The quantitative estimate of drug-likeness (QED) is 0.841. The van der Waals surface area contributed by atoms with Crippen molar-refractivity contribution in [3.63, 3.8) is 0 Å². The molecule has 1 saturated carbocycles. The minimum Gasteiger partial charge on any atom is -0.381 e. The van der Waals surface area contributed by atoms with Gasteiger partial charge in [-0.1, -0.05) is 12.8 Å². The zero-order valence-corrected chi connectivity index (χ0v) is 12.5. The van der Waals surface area contributed by atoms with Crippen molar-refractivity contribution in [2.75, 3.05) is 26.3 Å². The second-order valence-corrected chi connectivity index (χ2v) is 6.85. The Kier molecular flexibility index (Phi) is 4.32. The highest BCUT2D eigenvalue weighted by molar-refractivity contribution is 5.83. The molecule has 2 unspecified atom stereocenters. The summed E-state index contributed by atoms with van der Waals surface area (Å²) in [5, 5.41) is 0. The Morgan fingerprint density at radius 2 is 1.85 bits per heavy atom. The van der Waals surface area contributed by atoms with Gasteiger partial charge in [-0.05, 0) is 44.4 Å². The summed E-state index contributed by atoms with van der Waals surface area (Å²) in [6.45, 7) is 2.79. The SMILES string of the molecule is NCC1(C(=O)N2CCCC3CCCCC32)CCOCC1. The number of nitrogens with zero attached hydrogens (tertiary/aromatic N) is 1. The molecule has 3 aliphatic rings. The molecule has 2 heterocycles. The average molecular weight is 280 g/mol. The molecule has 1 amide bonds. The molecule has 2 aliphatic heterocycles. The summed E-state index contributed by atoms with van der Waals surface area (Å²) in [6.07, 6.45) is 9.23. The molecule has 0 spiro atoms. The van der Waals surface area contributed by atoms with Gasteiger partial charge in [0.1, 0.15) is 0 Å². The fourth-order valence-electron chi connectivity index (χ4n) is 4.45. The molecule has 2 saturated heterocycles. The standard InChI is InChI=1S/C16H28N2O2/c17-12-16(7-10-20-11-8-16)15(19)18-9-3-5-13-4-1-2-6-14(13)18/h13-14H,1-12,17H2. The van der Waals surface area contributed by atoms with Crippen LogP contribution < -0.4 is 5.73 Å². The third-order valence-electron chi connectivity index (χ3n) is 5.80. The molecule has 4 heteroatoms. The van der Waals surface area contributed by atoms with Gasteiger partial charge in [0.25, 0.3) is 0 Å². The first-order valence-electron chi connectivity index (χ1n) is 8.36. The first kappa shape index (κ1) is 14.3. The van der Waals surface area contributed by atoms with Crippen LogP contribution in [0, 0.1) is 11.3 Å². The molecular weight excluding hydrogens is 252 g/mol. The number of rotatable bonds is 2. The maximum atomic E-state index is 13.2. The molecular formula is C16H28N2O2. The monoisotopic (exact) mass is 280 g/mol. The van der Waals surface area contributed by atoms with Crippen LogP contribution in [0.1, 0.15) is 51.4 Å². The second-order valence-electron chi connectivity index (χ2n) is 6.85.